The Morgan fingerprint density at radius 2 is 2.19 bits per heavy atom. The zero-order chi connectivity index (χ0) is 18.3. The van der Waals surface area contributed by atoms with Crippen molar-refractivity contribution < 1.29 is 13.6 Å². The Kier molecular flexibility index (Phi) is 4.14. The molecule has 7 heteroatoms. The van der Waals surface area contributed by atoms with Gasteiger partial charge in [0.05, 0.1) is 11.4 Å². The molecule has 0 radical (unpaired) electrons. The van der Waals surface area contributed by atoms with Gasteiger partial charge in [-0.1, -0.05) is 6.92 Å². The van der Waals surface area contributed by atoms with Gasteiger partial charge in [0.15, 0.2) is 17.2 Å². The highest BCUT2D eigenvalue weighted by atomic mass is 19.1. The normalized spacial score (nSPS) is 17.2. The van der Waals surface area contributed by atoms with E-state index < -0.39 is 11.6 Å². The predicted octanol–water partition coefficient (Wildman–Crippen LogP) is 4.17. The van der Waals surface area contributed by atoms with Crippen molar-refractivity contribution in [2.45, 2.75) is 32.2 Å². The summed E-state index contributed by atoms with van der Waals surface area (Å²) in [5, 5.41) is 7.92. The summed E-state index contributed by atoms with van der Waals surface area (Å²) in [4.78, 5) is 18.2. The molecule has 134 valence electrons. The third kappa shape index (κ3) is 2.73. The minimum Gasteiger partial charge on any atom is -0.347 e. The number of aromatic amines is 1. The van der Waals surface area contributed by atoms with Crippen molar-refractivity contribution in [2.24, 2.45) is 0 Å². The van der Waals surface area contributed by atoms with Gasteiger partial charge in [-0.15, -0.1) is 0 Å². The smallest absolute Gasteiger partial charge is 0.164 e. The van der Waals surface area contributed by atoms with Crippen molar-refractivity contribution in [3.8, 4) is 0 Å². The molecule has 0 bridgehead atoms. The molecule has 1 atom stereocenters. The maximum absolute atomic E-state index is 14.3. The van der Waals surface area contributed by atoms with E-state index >= 15 is 0 Å². The molecule has 26 heavy (non-hydrogen) atoms. The van der Waals surface area contributed by atoms with E-state index in [-0.39, 0.29) is 11.8 Å². The number of pyridine rings is 1. The van der Waals surface area contributed by atoms with Crippen molar-refractivity contribution in [1.82, 2.24) is 15.2 Å². The van der Waals surface area contributed by atoms with Crippen LogP contribution in [0, 0.1) is 11.6 Å². The molecule has 1 N–H and O–H groups in total. The van der Waals surface area contributed by atoms with Crippen LogP contribution in [0.2, 0.25) is 0 Å². The first-order chi connectivity index (χ1) is 12.6. The van der Waals surface area contributed by atoms with E-state index in [0.29, 0.717) is 47.4 Å². The summed E-state index contributed by atoms with van der Waals surface area (Å²) in [6.45, 7) is 2.47. The number of benzene rings is 1. The molecule has 3 aromatic rings. The first-order valence-electron chi connectivity index (χ1n) is 8.67. The first-order valence-corrected chi connectivity index (χ1v) is 8.67. The molecule has 0 spiro atoms. The molecular formula is C19H18F2N4O. The Hall–Kier alpha value is -2.83. The van der Waals surface area contributed by atoms with Gasteiger partial charge >= 0.3 is 0 Å². The number of aromatic nitrogens is 3. The van der Waals surface area contributed by atoms with Crippen LogP contribution in [0.15, 0.2) is 30.5 Å². The quantitative estimate of drug-likeness (QED) is 0.713. The third-order valence-corrected chi connectivity index (χ3v) is 4.88. The number of rotatable bonds is 4. The minimum absolute atomic E-state index is 0.000645. The lowest BCUT2D eigenvalue weighted by atomic mass is 10.0. The number of anilines is 1. The molecule has 2 aromatic heterocycles. The van der Waals surface area contributed by atoms with Crippen LogP contribution in [0.5, 0.6) is 0 Å². The number of hydrogen-bond acceptors (Lipinski definition) is 4. The van der Waals surface area contributed by atoms with Gasteiger partial charge in [0.1, 0.15) is 11.6 Å². The van der Waals surface area contributed by atoms with Gasteiger partial charge in [-0.2, -0.15) is 5.10 Å². The maximum Gasteiger partial charge on any atom is 0.164 e. The van der Waals surface area contributed by atoms with E-state index in [1.165, 1.54) is 12.3 Å². The maximum atomic E-state index is 14.3. The van der Waals surface area contributed by atoms with Crippen LogP contribution in [0.3, 0.4) is 0 Å². The van der Waals surface area contributed by atoms with E-state index in [2.05, 4.69) is 15.2 Å². The molecule has 1 saturated heterocycles. The lowest BCUT2D eigenvalue weighted by Gasteiger charge is -2.25. The Labute approximate surface area is 149 Å². The molecule has 0 aliphatic carbocycles. The number of carbonyl (C=O) groups is 1. The molecule has 1 fully saturated rings. The van der Waals surface area contributed by atoms with Crippen LogP contribution in [0.4, 0.5) is 14.6 Å². The van der Waals surface area contributed by atoms with Gasteiger partial charge in [-0.25, -0.2) is 13.8 Å². The summed E-state index contributed by atoms with van der Waals surface area (Å²) < 4.78 is 27.9. The van der Waals surface area contributed by atoms with Crippen LogP contribution in [-0.2, 0) is 0 Å². The molecular weight excluding hydrogens is 338 g/mol. The van der Waals surface area contributed by atoms with Gasteiger partial charge in [-0.05, 0) is 37.1 Å². The standard InChI is InChI=1S/C19H18F2N4O/c1-2-17(26)11-8-14-18(22-10-11)23-24-19(14)25-7-3-4-16(25)13-9-12(20)5-6-15(13)21/h5-6,8-10,16H,2-4,7H2,1H3,(H,22,23,24)/t16-/m1/s1. The van der Waals surface area contributed by atoms with Gasteiger partial charge < -0.3 is 4.90 Å². The Morgan fingerprint density at radius 3 is 3.00 bits per heavy atom. The number of nitrogens with zero attached hydrogens (tertiary/aromatic N) is 3. The van der Waals surface area contributed by atoms with Gasteiger partial charge in [-0.3, -0.25) is 9.89 Å². The van der Waals surface area contributed by atoms with Crippen LogP contribution in [0.25, 0.3) is 11.0 Å². The summed E-state index contributed by atoms with van der Waals surface area (Å²) in [5.74, 6) is -0.272. The lowest BCUT2D eigenvalue weighted by Crippen LogP contribution is -2.24. The van der Waals surface area contributed by atoms with Crippen molar-refractivity contribution in [3.63, 3.8) is 0 Å². The number of H-pyrrole nitrogens is 1. The molecule has 5 nitrogen and oxygen atoms in total. The Balaban J connectivity index is 1.78. The topological polar surface area (TPSA) is 61.9 Å². The molecule has 0 unspecified atom stereocenters. The number of fused-ring (bicyclic) bond motifs is 1. The zero-order valence-corrected chi connectivity index (χ0v) is 14.3. The molecule has 4 rings (SSSR count). The van der Waals surface area contributed by atoms with E-state index in [4.69, 9.17) is 0 Å². The number of ketones is 1. The highest BCUT2D eigenvalue weighted by molar-refractivity contribution is 6.00. The fourth-order valence-electron chi connectivity index (χ4n) is 3.58. The Bertz CT molecular complexity index is 985. The molecule has 1 aliphatic rings. The molecule has 1 aromatic carbocycles. The van der Waals surface area contributed by atoms with Crippen LogP contribution >= 0.6 is 0 Å². The number of nitrogens with one attached hydrogen (secondary N) is 1. The highest BCUT2D eigenvalue weighted by Crippen LogP contribution is 2.39. The first kappa shape index (κ1) is 16.6. The average Bonchev–Trinajstić information content (AvgIpc) is 3.28. The summed E-state index contributed by atoms with van der Waals surface area (Å²) in [5.41, 5.74) is 1.42. The fraction of sp³-hybridized carbons (Fsp3) is 0.316. The van der Waals surface area contributed by atoms with E-state index in [1.54, 1.807) is 13.0 Å². The van der Waals surface area contributed by atoms with E-state index in [1.807, 2.05) is 4.90 Å². The number of carbonyl (C=O) groups excluding carboxylic acids is 1. The number of halogens is 2. The lowest BCUT2D eigenvalue weighted by molar-refractivity contribution is 0.0988. The highest BCUT2D eigenvalue weighted by Gasteiger charge is 2.31. The second-order valence-corrected chi connectivity index (χ2v) is 6.46. The number of Topliss-reactive ketones (excluding diaryl/α,β-unsaturated/α-hetero) is 1. The fourth-order valence-corrected chi connectivity index (χ4v) is 3.58. The van der Waals surface area contributed by atoms with Crippen LogP contribution in [0.1, 0.15) is 48.1 Å². The van der Waals surface area contributed by atoms with Crippen molar-refractivity contribution in [3.05, 3.63) is 53.2 Å². The van der Waals surface area contributed by atoms with Crippen LogP contribution < -0.4 is 4.90 Å². The van der Waals surface area contributed by atoms with Crippen LogP contribution in [-0.4, -0.2) is 27.5 Å². The number of hydrogen-bond donors (Lipinski definition) is 1. The molecule has 0 amide bonds. The largest absolute Gasteiger partial charge is 0.347 e. The van der Waals surface area contributed by atoms with E-state index in [0.717, 1.165) is 18.6 Å². The molecule has 3 heterocycles. The monoisotopic (exact) mass is 356 g/mol. The molecule has 0 saturated carbocycles. The summed E-state index contributed by atoms with van der Waals surface area (Å²) in [6, 6.07) is 4.99. The Morgan fingerprint density at radius 1 is 1.35 bits per heavy atom. The SMILES string of the molecule is CCC(=O)c1cnc2[nH]nc(N3CCC[C@@H]3c3cc(F)ccc3F)c2c1. The third-order valence-electron chi connectivity index (χ3n) is 4.88. The summed E-state index contributed by atoms with van der Waals surface area (Å²) in [7, 11) is 0. The van der Waals surface area contributed by atoms with Gasteiger partial charge in [0.25, 0.3) is 0 Å². The second-order valence-electron chi connectivity index (χ2n) is 6.46. The zero-order valence-electron chi connectivity index (χ0n) is 14.3. The van der Waals surface area contributed by atoms with Crippen molar-refractivity contribution in [2.75, 3.05) is 11.4 Å². The van der Waals surface area contributed by atoms with Crippen molar-refractivity contribution >= 4 is 22.6 Å². The summed E-state index contributed by atoms with van der Waals surface area (Å²) >= 11 is 0. The molecule has 1 aliphatic heterocycles. The van der Waals surface area contributed by atoms with Gasteiger partial charge in [0, 0.05) is 30.3 Å². The van der Waals surface area contributed by atoms with Gasteiger partial charge in [0.2, 0.25) is 0 Å². The minimum atomic E-state index is -0.461. The predicted molar refractivity (Wildman–Crippen MR) is 94.2 cm³/mol. The summed E-state index contributed by atoms with van der Waals surface area (Å²) in [6.07, 6.45) is 3.47. The second kappa shape index (κ2) is 6.48. The van der Waals surface area contributed by atoms with Crippen molar-refractivity contribution in [1.29, 1.82) is 0 Å². The average molecular weight is 356 g/mol. The van der Waals surface area contributed by atoms with E-state index in [9.17, 15) is 13.6 Å².